The Balaban J connectivity index is 1.52. The van der Waals surface area contributed by atoms with Gasteiger partial charge in [0.15, 0.2) is 5.84 Å². The second kappa shape index (κ2) is 10.3. The quantitative estimate of drug-likeness (QED) is 0.496. The summed E-state index contributed by atoms with van der Waals surface area (Å²) < 4.78 is 59.1. The third kappa shape index (κ3) is 5.31. The lowest BCUT2D eigenvalue weighted by molar-refractivity contribution is -0.133. The van der Waals surface area contributed by atoms with Crippen LogP contribution in [0.3, 0.4) is 0 Å². The number of methoxy groups -OCH3 is 1. The van der Waals surface area contributed by atoms with Crippen molar-refractivity contribution in [2.75, 3.05) is 24.4 Å². The van der Waals surface area contributed by atoms with Crippen molar-refractivity contribution in [2.45, 2.75) is 56.5 Å². The average molecular weight is 594 g/mol. The van der Waals surface area contributed by atoms with Crippen LogP contribution in [0.25, 0.3) is 0 Å². The van der Waals surface area contributed by atoms with Crippen LogP contribution in [0.2, 0.25) is 0 Å². The molecule has 0 spiro atoms. The largest absolute Gasteiger partial charge is 0.511 e. The number of aliphatic hydroxyl groups excluding tert-OH is 1. The molecule has 2 N–H and O–H groups in total. The number of hydrogen-bond acceptors (Lipinski definition) is 9. The molecule has 1 amide bonds. The van der Waals surface area contributed by atoms with Gasteiger partial charge in [-0.3, -0.25) is 4.79 Å². The number of amidine groups is 1. The lowest BCUT2D eigenvalue weighted by Crippen LogP contribution is -2.52. The lowest BCUT2D eigenvalue weighted by Gasteiger charge is -2.44. The Morgan fingerprint density at radius 1 is 1.23 bits per heavy atom. The Bertz CT molecular complexity index is 1610. The number of hydrogen-bond donors (Lipinski definition) is 2. The van der Waals surface area contributed by atoms with Gasteiger partial charge < -0.3 is 20.1 Å². The average Bonchev–Trinajstić information content (AvgIpc) is 3.29. The minimum Gasteiger partial charge on any atom is -0.511 e. The molecule has 13 heteroatoms. The zero-order valence-corrected chi connectivity index (χ0v) is 24.4. The summed E-state index contributed by atoms with van der Waals surface area (Å²) in [7, 11) is -5.96. The highest BCUT2D eigenvalue weighted by atomic mass is 32.2. The molecule has 5 rings (SSSR count). The minimum absolute atomic E-state index is 0.0298. The molecule has 39 heavy (non-hydrogen) atoms. The third-order valence-corrected chi connectivity index (χ3v) is 11.0. The number of aryl methyl sites for hydroxylation is 2. The maximum atomic E-state index is 14.0. The molecule has 10 nitrogen and oxygen atoms in total. The number of thiophene rings is 1. The lowest BCUT2D eigenvalue weighted by atomic mass is 9.77. The van der Waals surface area contributed by atoms with E-state index in [1.807, 2.05) is 25.1 Å². The number of carbonyl (C=O) groups excluding carboxylic acids is 1. The first-order valence-corrected chi connectivity index (χ1v) is 17.1. The van der Waals surface area contributed by atoms with Crippen LogP contribution >= 0.6 is 11.3 Å². The van der Waals surface area contributed by atoms with E-state index in [-0.39, 0.29) is 51.2 Å². The second-order valence-corrected chi connectivity index (χ2v) is 15.0. The van der Waals surface area contributed by atoms with Crippen LogP contribution in [-0.4, -0.2) is 63.7 Å². The van der Waals surface area contributed by atoms with Crippen molar-refractivity contribution in [3.8, 4) is 5.75 Å². The van der Waals surface area contributed by atoms with Gasteiger partial charge in [0.05, 0.1) is 12.9 Å². The first kappa shape index (κ1) is 27.7. The van der Waals surface area contributed by atoms with Gasteiger partial charge in [0.2, 0.25) is 0 Å². The minimum atomic E-state index is -4.25. The van der Waals surface area contributed by atoms with E-state index in [2.05, 4.69) is 9.71 Å². The summed E-state index contributed by atoms with van der Waals surface area (Å²) in [5.74, 6) is -0.635. The smallest absolute Gasteiger partial charge is 0.287 e. The van der Waals surface area contributed by atoms with Crippen molar-refractivity contribution in [1.29, 1.82) is 0 Å². The predicted octanol–water partition coefficient (Wildman–Crippen LogP) is 3.58. The van der Waals surface area contributed by atoms with Gasteiger partial charge in [0.1, 0.15) is 36.8 Å². The van der Waals surface area contributed by atoms with Crippen molar-refractivity contribution < 1.29 is 31.5 Å². The van der Waals surface area contributed by atoms with Crippen LogP contribution in [-0.2, 0) is 37.6 Å². The number of amides is 1. The number of fused-ring (bicyclic) bond motifs is 2. The first-order chi connectivity index (χ1) is 18.4. The van der Waals surface area contributed by atoms with Gasteiger partial charge in [-0.25, -0.2) is 8.42 Å². The fraction of sp³-hybridized carbons (Fsp3) is 0.462. The summed E-state index contributed by atoms with van der Waals surface area (Å²) in [5, 5.41) is 16.1. The maximum absolute atomic E-state index is 14.0. The molecule has 2 atom stereocenters. The monoisotopic (exact) mass is 593 g/mol. The number of anilines is 1. The van der Waals surface area contributed by atoms with Crippen LogP contribution in [0.5, 0.6) is 5.75 Å². The van der Waals surface area contributed by atoms with Gasteiger partial charge in [-0.05, 0) is 60.4 Å². The van der Waals surface area contributed by atoms with Crippen LogP contribution in [0, 0.1) is 12.8 Å². The van der Waals surface area contributed by atoms with E-state index in [1.54, 1.807) is 17.4 Å². The molecule has 0 saturated heterocycles. The molecule has 2 unspecified atom stereocenters. The molecule has 2 aromatic rings. The van der Waals surface area contributed by atoms with Crippen LogP contribution < -0.4 is 10.1 Å². The highest BCUT2D eigenvalue weighted by Crippen LogP contribution is 2.42. The molecule has 1 aliphatic carbocycles. The summed E-state index contributed by atoms with van der Waals surface area (Å²) in [6.07, 6.45) is 4.35. The highest BCUT2D eigenvalue weighted by molar-refractivity contribution is 7.91. The van der Waals surface area contributed by atoms with Crippen LogP contribution in [0.1, 0.15) is 42.4 Å². The number of nitrogens with zero attached hydrogens (tertiary/aromatic N) is 2. The maximum Gasteiger partial charge on any atom is 0.287 e. The molecule has 3 aliphatic rings. The fourth-order valence-corrected chi connectivity index (χ4v) is 8.85. The van der Waals surface area contributed by atoms with E-state index in [4.69, 9.17) is 4.74 Å². The zero-order valence-electron chi connectivity index (χ0n) is 21.9. The molecule has 1 aromatic carbocycles. The summed E-state index contributed by atoms with van der Waals surface area (Å²) >= 11 is 1.10. The third-order valence-electron chi connectivity index (χ3n) is 7.60. The van der Waals surface area contributed by atoms with E-state index in [1.165, 1.54) is 0 Å². The second-order valence-electron chi connectivity index (χ2n) is 10.3. The summed E-state index contributed by atoms with van der Waals surface area (Å²) in [6.45, 7) is 2.24. The molecule has 0 bridgehead atoms. The van der Waals surface area contributed by atoms with E-state index < -0.39 is 25.8 Å². The van der Waals surface area contributed by atoms with Crippen molar-refractivity contribution >= 4 is 47.9 Å². The van der Waals surface area contributed by atoms with Crippen LogP contribution in [0.4, 0.5) is 5.00 Å². The van der Waals surface area contributed by atoms with Crippen molar-refractivity contribution in [1.82, 2.24) is 4.90 Å². The first-order valence-electron chi connectivity index (χ1n) is 12.7. The van der Waals surface area contributed by atoms with E-state index in [0.29, 0.717) is 24.3 Å². The molecule has 2 aliphatic heterocycles. The van der Waals surface area contributed by atoms with Gasteiger partial charge in [-0.2, -0.15) is 8.42 Å². The number of ether oxygens (including phenoxy) is 1. The van der Waals surface area contributed by atoms with Gasteiger partial charge >= 0.3 is 0 Å². The predicted molar refractivity (Wildman–Crippen MR) is 150 cm³/mol. The molecular formula is C26H31N3O7S3. The number of rotatable bonds is 7. The molecule has 3 heterocycles. The summed E-state index contributed by atoms with van der Waals surface area (Å²) in [6, 6.07) is 5.43. The van der Waals surface area contributed by atoms with E-state index in [0.717, 1.165) is 48.0 Å². The Morgan fingerprint density at radius 2 is 1.97 bits per heavy atom. The van der Waals surface area contributed by atoms with Gasteiger partial charge in [0.25, 0.3) is 15.9 Å². The van der Waals surface area contributed by atoms with Gasteiger partial charge in [-0.1, -0.05) is 18.9 Å². The highest BCUT2D eigenvalue weighted by Gasteiger charge is 2.46. The fourth-order valence-electron chi connectivity index (χ4n) is 5.58. The summed E-state index contributed by atoms with van der Waals surface area (Å²) in [4.78, 5) is 15.6. The normalized spacial score (nSPS) is 22.6. The number of sulfone groups is 1. The Kier molecular flexibility index (Phi) is 7.27. The number of benzene rings is 1. The zero-order chi connectivity index (χ0) is 28.1. The standard InChI is InChI=1S/C26H31N3O7S3/c1-15-12-18(36-2)9-8-16(15)13-29-20-7-5-4-6-19(20)22(30)21(26(29)31)24-27-25-23(39(34,35)28-24)17(14-37-25)10-11-38(3,32)33/h8-9,12,14,19-20,30H,4-7,10-11,13H2,1-3H3,(H,27,28). The van der Waals surface area contributed by atoms with Crippen LogP contribution in [0.15, 0.2) is 44.2 Å². The van der Waals surface area contributed by atoms with Gasteiger partial charge in [0, 0.05) is 24.8 Å². The van der Waals surface area contributed by atoms with Gasteiger partial charge in [-0.15, -0.1) is 15.7 Å². The SMILES string of the molecule is COc1ccc(CN2C(=O)C(C3=NS(=O)(=O)c4c(CCS(C)(=O)=O)csc4N3)=C(O)C3CCCCC32)c(C)c1. The van der Waals surface area contributed by atoms with Crippen molar-refractivity contribution in [3.05, 3.63) is 51.6 Å². The van der Waals surface area contributed by atoms with Crippen molar-refractivity contribution in [3.63, 3.8) is 0 Å². The Labute approximate surface area is 232 Å². The Hall–Kier alpha value is -2.90. The topological polar surface area (TPSA) is 142 Å². The van der Waals surface area contributed by atoms with Crippen molar-refractivity contribution in [2.24, 2.45) is 10.3 Å². The molecule has 210 valence electrons. The molecule has 0 radical (unpaired) electrons. The number of aliphatic hydroxyl groups is 1. The number of carbonyl (C=O) groups is 1. The number of nitrogens with one attached hydrogen (secondary N) is 1. The summed E-state index contributed by atoms with van der Waals surface area (Å²) in [5.41, 5.74) is 2.10. The number of sulfonamides is 1. The Morgan fingerprint density at radius 3 is 2.67 bits per heavy atom. The molecule has 1 saturated carbocycles. The van der Waals surface area contributed by atoms with E-state index in [9.17, 15) is 26.7 Å². The molecule has 1 aromatic heterocycles. The molecule has 1 fully saturated rings. The van der Waals surface area contributed by atoms with E-state index >= 15 is 0 Å². The molecular weight excluding hydrogens is 563 g/mol.